The van der Waals surface area contributed by atoms with Crippen LogP contribution in [0.25, 0.3) is 0 Å². The Hall–Kier alpha value is -1.02. The highest BCUT2D eigenvalue weighted by Crippen LogP contribution is 2.22. The summed E-state index contributed by atoms with van der Waals surface area (Å²) in [5, 5.41) is 13.3. The molecule has 3 N–H and O–H groups in total. The molecule has 1 aliphatic rings. The molecule has 2 rings (SSSR count). The van der Waals surface area contributed by atoms with Crippen molar-refractivity contribution in [2.24, 2.45) is 5.73 Å². The van der Waals surface area contributed by atoms with Gasteiger partial charge in [0.25, 0.3) is 0 Å². The van der Waals surface area contributed by atoms with Gasteiger partial charge in [-0.1, -0.05) is 5.16 Å². The van der Waals surface area contributed by atoms with E-state index in [4.69, 9.17) is 15.0 Å². The summed E-state index contributed by atoms with van der Waals surface area (Å²) in [6.45, 7) is 8.18. The fourth-order valence-corrected chi connectivity index (χ4v) is 2.01. The van der Waals surface area contributed by atoms with Crippen molar-refractivity contribution in [3.8, 4) is 0 Å². The highest BCUT2D eigenvalue weighted by Gasteiger charge is 2.29. The van der Waals surface area contributed by atoms with Crippen molar-refractivity contribution in [1.82, 2.24) is 15.0 Å². The van der Waals surface area contributed by atoms with Crippen LogP contribution in [0.15, 0.2) is 4.52 Å². The first kappa shape index (κ1) is 14.4. The second-order valence-corrected chi connectivity index (χ2v) is 5.21. The third-order valence-electron chi connectivity index (χ3n) is 3.38. The van der Waals surface area contributed by atoms with E-state index in [0.717, 1.165) is 13.1 Å². The predicted molar refractivity (Wildman–Crippen MR) is 68.3 cm³/mol. The fraction of sp³-hybridized carbons (Fsp3) is 0.833. The summed E-state index contributed by atoms with van der Waals surface area (Å²) in [5.74, 6) is 0.742. The summed E-state index contributed by atoms with van der Waals surface area (Å²) in [6.07, 6.45) is -0.928. The molecule has 2 heterocycles. The third-order valence-corrected chi connectivity index (χ3v) is 3.38. The van der Waals surface area contributed by atoms with Gasteiger partial charge in [-0.3, -0.25) is 4.90 Å². The van der Waals surface area contributed by atoms with Gasteiger partial charge in [0, 0.05) is 19.1 Å². The molecule has 0 saturated carbocycles. The Balaban J connectivity index is 2.06. The SMILES string of the molecule is CC(C)N1CCOC(c2noc([C@@H](N)[C@@H](C)O)n2)C1. The highest BCUT2D eigenvalue weighted by molar-refractivity contribution is 4.98. The molecule has 1 fully saturated rings. The number of rotatable bonds is 4. The van der Waals surface area contributed by atoms with Gasteiger partial charge < -0.3 is 20.1 Å². The summed E-state index contributed by atoms with van der Waals surface area (Å²) in [6, 6.07) is -0.205. The molecule has 0 spiro atoms. The van der Waals surface area contributed by atoms with Gasteiger partial charge in [0.1, 0.15) is 12.1 Å². The van der Waals surface area contributed by atoms with Crippen LogP contribution in [0.2, 0.25) is 0 Å². The van der Waals surface area contributed by atoms with Gasteiger partial charge in [-0.05, 0) is 20.8 Å². The lowest BCUT2D eigenvalue weighted by Gasteiger charge is -2.34. The van der Waals surface area contributed by atoms with Crippen LogP contribution in [0, 0.1) is 0 Å². The molecule has 0 radical (unpaired) electrons. The van der Waals surface area contributed by atoms with Crippen molar-refractivity contribution in [1.29, 1.82) is 0 Å². The summed E-state index contributed by atoms with van der Waals surface area (Å²) in [4.78, 5) is 6.54. The van der Waals surface area contributed by atoms with Crippen molar-refractivity contribution in [2.75, 3.05) is 19.7 Å². The van der Waals surface area contributed by atoms with E-state index in [1.807, 2.05) is 0 Å². The molecule has 1 aliphatic heterocycles. The van der Waals surface area contributed by atoms with E-state index in [1.54, 1.807) is 6.92 Å². The molecule has 7 nitrogen and oxygen atoms in total. The van der Waals surface area contributed by atoms with Crippen LogP contribution in [-0.4, -0.2) is 52.0 Å². The Kier molecular flexibility index (Phi) is 4.51. The van der Waals surface area contributed by atoms with Gasteiger partial charge in [0.2, 0.25) is 11.7 Å². The van der Waals surface area contributed by atoms with Crippen LogP contribution in [0.4, 0.5) is 0 Å². The van der Waals surface area contributed by atoms with Crippen LogP contribution < -0.4 is 5.73 Å². The first-order valence-corrected chi connectivity index (χ1v) is 6.62. The number of nitrogens with zero attached hydrogens (tertiary/aromatic N) is 3. The smallest absolute Gasteiger partial charge is 0.246 e. The molecule has 3 atom stereocenters. The summed E-state index contributed by atoms with van der Waals surface area (Å²) in [5.41, 5.74) is 5.76. The molecule has 1 unspecified atom stereocenters. The van der Waals surface area contributed by atoms with Crippen LogP contribution in [0.3, 0.4) is 0 Å². The normalized spacial score (nSPS) is 24.6. The number of aliphatic hydroxyl groups excluding tert-OH is 1. The van der Waals surface area contributed by atoms with E-state index >= 15 is 0 Å². The molecular weight excluding hydrogens is 248 g/mol. The molecule has 108 valence electrons. The lowest BCUT2D eigenvalue weighted by Crippen LogP contribution is -2.42. The highest BCUT2D eigenvalue weighted by atomic mass is 16.5. The van der Waals surface area contributed by atoms with E-state index in [1.165, 1.54) is 0 Å². The second-order valence-electron chi connectivity index (χ2n) is 5.21. The molecule has 7 heteroatoms. The van der Waals surface area contributed by atoms with Crippen molar-refractivity contribution in [2.45, 2.75) is 45.1 Å². The summed E-state index contributed by atoms with van der Waals surface area (Å²) >= 11 is 0. The molecule has 0 aliphatic carbocycles. The van der Waals surface area contributed by atoms with Crippen LogP contribution >= 0.6 is 0 Å². The van der Waals surface area contributed by atoms with Crippen molar-refractivity contribution in [3.05, 3.63) is 11.7 Å². The van der Waals surface area contributed by atoms with Crippen molar-refractivity contribution in [3.63, 3.8) is 0 Å². The number of morpholine rings is 1. The Bertz CT molecular complexity index is 407. The largest absolute Gasteiger partial charge is 0.391 e. The third kappa shape index (κ3) is 3.30. The zero-order chi connectivity index (χ0) is 14.0. The van der Waals surface area contributed by atoms with Crippen LogP contribution in [-0.2, 0) is 4.74 Å². The van der Waals surface area contributed by atoms with Gasteiger partial charge in [0.15, 0.2) is 0 Å². The quantitative estimate of drug-likeness (QED) is 0.808. The maximum absolute atomic E-state index is 9.42. The van der Waals surface area contributed by atoms with Crippen LogP contribution in [0.1, 0.15) is 44.6 Å². The Labute approximate surface area is 112 Å². The number of nitrogens with two attached hydrogens (primary N) is 1. The first-order valence-electron chi connectivity index (χ1n) is 6.62. The van der Waals surface area contributed by atoms with Crippen molar-refractivity contribution < 1.29 is 14.4 Å². The summed E-state index contributed by atoms with van der Waals surface area (Å²) < 4.78 is 10.8. The zero-order valence-corrected chi connectivity index (χ0v) is 11.6. The van der Waals surface area contributed by atoms with Gasteiger partial charge in [0.05, 0.1) is 12.7 Å². The minimum Gasteiger partial charge on any atom is -0.391 e. The molecule has 0 aromatic carbocycles. The maximum atomic E-state index is 9.42. The topological polar surface area (TPSA) is 97.6 Å². The van der Waals surface area contributed by atoms with Gasteiger partial charge in [-0.2, -0.15) is 4.98 Å². The second kappa shape index (κ2) is 5.96. The number of aromatic nitrogens is 2. The van der Waals surface area contributed by atoms with Gasteiger partial charge >= 0.3 is 0 Å². The van der Waals surface area contributed by atoms with E-state index in [9.17, 15) is 5.11 Å². The zero-order valence-electron chi connectivity index (χ0n) is 11.6. The average molecular weight is 270 g/mol. The van der Waals surface area contributed by atoms with Crippen LogP contribution in [0.5, 0.6) is 0 Å². The maximum Gasteiger partial charge on any atom is 0.246 e. The van der Waals surface area contributed by atoms with Gasteiger partial charge in [-0.25, -0.2) is 0 Å². The first-order chi connectivity index (χ1) is 8.99. The molecule has 1 saturated heterocycles. The monoisotopic (exact) mass is 270 g/mol. The molecule has 19 heavy (non-hydrogen) atoms. The Morgan fingerprint density at radius 2 is 2.16 bits per heavy atom. The molecular formula is C12H22N4O3. The lowest BCUT2D eigenvalue weighted by atomic mass is 10.2. The number of aliphatic hydroxyl groups is 1. The fourth-order valence-electron chi connectivity index (χ4n) is 2.01. The minimum atomic E-state index is -0.729. The summed E-state index contributed by atoms with van der Waals surface area (Å²) in [7, 11) is 0. The Morgan fingerprint density at radius 1 is 1.42 bits per heavy atom. The van der Waals surface area contributed by atoms with E-state index in [0.29, 0.717) is 18.5 Å². The number of hydrogen-bond acceptors (Lipinski definition) is 7. The lowest BCUT2D eigenvalue weighted by molar-refractivity contribution is -0.0450. The molecule has 1 aromatic heterocycles. The molecule has 0 amide bonds. The minimum absolute atomic E-state index is 0.199. The van der Waals surface area contributed by atoms with E-state index in [-0.39, 0.29) is 12.0 Å². The van der Waals surface area contributed by atoms with E-state index in [2.05, 4.69) is 28.9 Å². The number of hydrogen-bond donors (Lipinski definition) is 2. The molecule has 0 bridgehead atoms. The van der Waals surface area contributed by atoms with E-state index < -0.39 is 12.1 Å². The predicted octanol–water partition coefficient (Wildman–Crippen LogP) is 0.232. The van der Waals surface area contributed by atoms with Crippen molar-refractivity contribution >= 4 is 0 Å². The average Bonchev–Trinajstić information content (AvgIpc) is 2.87. The standard InChI is InChI=1S/C12H22N4O3/c1-7(2)16-4-5-18-9(6-16)11-14-12(19-15-11)10(13)8(3)17/h7-10,17H,4-6,13H2,1-3H3/t8-,9?,10+/m1/s1. The number of ether oxygens (including phenoxy) is 1. The molecule has 1 aromatic rings. The van der Waals surface area contributed by atoms with Gasteiger partial charge in [-0.15, -0.1) is 0 Å². The Morgan fingerprint density at radius 3 is 2.79 bits per heavy atom.